The Balaban J connectivity index is 1.88. The predicted molar refractivity (Wildman–Crippen MR) is 106 cm³/mol. The molecule has 0 spiro atoms. The first-order chi connectivity index (χ1) is 11.7. The van der Waals surface area contributed by atoms with Crippen LogP contribution in [-0.2, 0) is 0 Å². The highest BCUT2D eigenvalue weighted by atomic mass is 35.5. The molecule has 0 bridgehead atoms. The molecule has 0 nitrogen and oxygen atoms in total. The first-order valence-electron chi connectivity index (χ1n) is 7.82. The average molecular weight is 347 g/mol. The highest BCUT2D eigenvalue weighted by Gasteiger charge is 2.04. The molecule has 0 saturated heterocycles. The van der Waals surface area contributed by atoms with Crippen LogP contribution in [0.2, 0.25) is 10.0 Å². The van der Waals surface area contributed by atoms with Gasteiger partial charge in [0.2, 0.25) is 0 Å². The van der Waals surface area contributed by atoms with Gasteiger partial charge in [-0.2, -0.15) is 0 Å². The van der Waals surface area contributed by atoms with Crippen molar-refractivity contribution in [3.05, 3.63) is 82.8 Å². The molecule has 5 aromatic rings. The van der Waals surface area contributed by atoms with E-state index in [4.69, 9.17) is 23.2 Å². The van der Waals surface area contributed by atoms with Gasteiger partial charge in [0.1, 0.15) is 0 Å². The monoisotopic (exact) mass is 346 g/mol. The predicted octanol–water partition coefficient (Wildman–Crippen LogP) is 7.61. The van der Waals surface area contributed by atoms with Crippen molar-refractivity contribution in [1.29, 1.82) is 0 Å². The van der Waals surface area contributed by atoms with Crippen molar-refractivity contribution >= 4 is 66.3 Å². The third kappa shape index (κ3) is 2.23. The quantitative estimate of drug-likeness (QED) is 0.253. The van der Waals surface area contributed by atoms with Crippen molar-refractivity contribution in [3.63, 3.8) is 0 Å². The maximum absolute atomic E-state index is 6.13. The Bertz CT molecular complexity index is 1170. The fraction of sp³-hybridized carbons (Fsp3) is 0. The number of fused-ring (bicyclic) bond motifs is 4. The van der Waals surface area contributed by atoms with E-state index in [0.717, 1.165) is 10.0 Å². The summed E-state index contributed by atoms with van der Waals surface area (Å²) in [7, 11) is 0. The molecule has 0 aromatic heterocycles. The van der Waals surface area contributed by atoms with Crippen LogP contribution >= 0.6 is 23.2 Å². The van der Waals surface area contributed by atoms with Crippen LogP contribution in [0.4, 0.5) is 0 Å². The van der Waals surface area contributed by atoms with Crippen LogP contribution in [0.3, 0.4) is 0 Å². The molecule has 0 saturated carbocycles. The Morgan fingerprint density at radius 3 is 1.00 bits per heavy atom. The minimum atomic E-state index is 0.769. The summed E-state index contributed by atoms with van der Waals surface area (Å²) >= 11 is 12.3. The summed E-state index contributed by atoms with van der Waals surface area (Å²) in [5, 5.41) is 11.2. The Morgan fingerprint density at radius 2 is 0.625 bits per heavy atom. The normalized spacial score (nSPS) is 11.8. The van der Waals surface area contributed by atoms with Gasteiger partial charge in [0, 0.05) is 10.0 Å². The molecule has 0 heterocycles. The number of hydrogen-bond donors (Lipinski definition) is 0. The molecule has 0 fully saturated rings. The van der Waals surface area contributed by atoms with Crippen LogP contribution in [0.25, 0.3) is 43.1 Å². The second-order valence-electron chi connectivity index (χ2n) is 6.23. The molecule has 5 aromatic carbocycles. The maximum Gasteiger partial charge on any atom is 0.0412 e. The van der Waals surface area contributed by atoms with Crippen molar-refractivity contribution in [3.8, 4) is 0 Å². The zero-order valence-electron chi connectivity index (χ0n) is 12.7. The van der Waals surface area contributed by atoms with Gasteiger partial charge in [-0.3, -0.25) is 0 Å². The van der Waals surface area contributed by atoms with Gasteiger partial charge in [-0.15, -0.1) is 0 Å². The molecule has 0 unspecified atom stereocenters. The zero-order chi connectivity index (χ0) is 16.3. The maximum atomic E-state index is 6.13. The summed E-state index contributed by atoms with van der Waals surface area (Å²) in [4.78, 5) is 0. The number of benzene rings is 5. The van der Waals surface area contributed by atoms with E-state index >= 15 is 0 Å². The lowest BCUT2D eigenvalue weighted by atomic mass is 9.97. The first-order valence-corrected chi connectivity index (χ1v) is 8.57. The number of rotatable bonds is 0. The average Bonchev–Trinajstić information content (AvgIpc) is 2.56. The van der Waals surface area contributed by atoms with Crippen LogP contribution in [0.15, 0.2) is 72.8 Å². The van der Waals surface area contributed by atoms with Gasteiger partial charge in [-0.05, 0) is 104 Å². The lowest BCUT2D eigenvalue weighted by molar-refractivity contribution is 1.77. The minimum Gasteiger partial charge on any atom is -0.0843 e. The highest BCUT2D eigenvalue weighted by Crippen LogP contribution is 2.31. The van der Waals surface area contributed by atoms with Crippen molar-refractivity contribution < 1.29 is 0 Å². The van der Waals surface area contributed by atoms with Crippen LogP contribution in [0, 0.1) is 0 Å². The molecule has 114 valence electrons. The smallest absolute Gasteiger partial charge is 0.0412 e. The SMILES string of the molecule is Clc1ccc2cc3cc4cc5cc(Cl)ccc5cc4cc3cc2c1. The Hall–Kier alpha value is -2.28. The largest absolute Gasteiger partial charge is 0.0843 e. The van der Waals surface area contributed by atoms with Crippen LogP contribution < -0.4 is 0 Å². The molecular weight excluding hydrogens is 335 g/mol. The number of hydrogen-bond acceptors (Lipinski definition) is 0. The van der Waals surface area contributed by atoms with E-state index in [1.165, 1.54) is 43.1 Å². The Morgan fingerprint density at radius 1 is 0.333 bits per heavy atom. The summed E-state index contributed by atoms with van der Waals surface area (Å²) in [6.07, 6.45) is 0. The summed E-state index contributed by atoms with van der Waals surface area (Å²) < 4.78 is 0. The lowest BCUT2D eigenvalue weighted by Crippen LogP contribution is -1.81. The fourth-order valence-corrected chi connectivity index (χ4v) is 3.80. The second kappa shape index (κ2) is 5.11. The number of halogens is 2. The lowest BCUT2D eigenvalue weighted by Gasteiger charge is -2.07. The van der Waals surface area contributed by atoms with E-state index < -0.39 is 0 Å². The van der Waals surface area contributed by atoms with Gasteiger partial charge in [-0.25, -0.2) is 0 Å². The van der Waals surface area contributed by atoms with Crippen molar-refractivity contribution in [2.45, 2.75) is 0 Å². The van der Waals surface area contributed by atoms with Crippen LogP contribution in [0.5, 0.6) is 0 Å². The Kier molecular flexibility index (Phi) is 3.00. The molecule has 0 atom stereocenters. The van der Waals surface area contributed by atoms with E-state index in [-0.39, 0.29) is 0 Å². The van der Waals surface area contributed by atoms with Crippen molar-refractivity contribution in [1.82, 2.24) is 0 Å². The highest BCUT2D eigenvalue weighted by molar-refractivity contribution is 6.31. The van der Waals surface area contributed by atoms with Crippen LogP contribution in [-0.4, -0.2) is 0 Å². The second-order valence-corrected chi connectivity index (χ2v) is 7.11. The molecular formula is C22H12Cl2. The summed E-state index contributed by atoms with van der Waals surface area (Å²) in [6.45, 7) is 0. The molecule has 2 heteroatoms. The van der Waals surface area contributed by atoms with Crippen LogP contribution in [0.1, 0.15) is 0 Å². The third-order valence-corrected chi connectivity index (χ3v) is 5.10. The minimum absolute atomic E-state index is 0.769. The van der Waals surface area contributed by atoms with Gasteiger partial charge in [0.25, 0.3) is 0 Å². The van der Waals surface area contributed by atoms with E-state index in [1.807, 2.05) is 24.3 Å². The van der Waals surface area contributed by atoms with Gasteiger partial charge in [-0.1, -0.05) is 35.3 Å². The van der Waals surface area contributed by atoms with E-state index in [9.17, 15) is 0 Å². The molecule has 0 amide bonds. The van der Waals surface area contributed by atoms with Crippen molar-refractivity contribution in [2.24, 2.45) is 0 Å². The molecule has 0 aliphatic heterocycles. The van der Waals surface area contributed by atoms with Gasteiger partial charge in [0.05, 0.1) is 0 Å². The fourth-order valence-electron chi connectivity index (χ4n) is 3.44. The van der Waals surface area contributed by atoms with Gasteiger partial charge in [0.15, 0.2) is 0 Å². The first kappa shape index (κ1) is 14.1. The van der Waals surface area contributed by atoms with E-state index in [0.29, 0.717) is 0 Å². The zero-order valence-corrected chi connectivity index (χ0v) is 14.2. The summed E-state index contributed by atoms with van der Waals surface area (Å²) in [5.41, 5.74) is 0. The Labute approximate surface area is 149 Å². The molecule has 24 heavy (non-hydrogen) atoms. The molecule has 5 rings (SSSR count). The standard InChI is InChI=1S/C22H12Cl2/c23-21-3-1-13-5-15-7-18-10-20-12-22(24)4-2-14(20)6-16(18)8-17(15)9-19(13)11-21/h1-12H. The van der Waals surface area contributed by atoms with Crippen molar-refractivity contribution in [2.75, 3.05) is 0 Å². The molecule has 0 N–H and O–H groups in total. The third-order valence-electron chi connectivity index (χ3n) is 4.63. The topological polar surface area (TPSA) is 0 Å². The van der Waals surface area contributed by atoms with Gasteiger partial charge >= 0.3 is 0 Å². The molecule has 0 radical (unpaired) electrons. The van der Waals surface area contributed by atoms with E-state index in [1.54, 1.807) is 0 Å². The summed E-state index contributed by atoms with van der Waals surface area (Å²) in [5.74, 6) is 0. The molecule has 0 aliphatic rings. The molecule has 0 aliphatic carbocycles. The summed E-state index contributed by atoms with van der Waals surface area (Å²) in [6, 6.07) is 25.4. The van der Waals surface area contributed by atoms with Gasteiger partial charge < -0.3 is 0 Å². The van der Waals surface area contributed by atoms with E-state index in [2.05, 4.69) is 48.5 Å².